The molecule has 1 aromatic heterocycles. The molecule has 1 saturated heterocycles. The minimum absolute atomic E-state index is 0.0773. The standard InChI is InChI=1S/C18H21N5O3/c24-17(13-21-14-2-3-15-16(12-14)26-11-10-25-15)22-6-8-23(9-7-22)18-19-4-1-5-20-18/h1-5,12,21H,6-11,13H2. The molecule has 3 heterocycles. The maximum atomic E-state index is 12.5. The lowest BCUT2D eigenvalue weighted by Crippen LogP contribution is -2.50. The highest BCUT2D eigenvalue weighted by molar-refractivity contribution is 5.81. The number of carbonyl (C=O) groups is 1. The van der Waals surface area contributed by atoms with Crippen LogP contribution in [0.4, 0.5) is 11.6 Å². The fraction of sp³-hybridized carbons (Fsp3) is 0.389. The Hall–Kier alpha value is -3.03. The third-order valence-electron chi connectivity index (χ3n) is 4.45. The number of aromatic nitrogens is 2. The van der Waals surface area contributed by atoms with Crippen molar-refractivity contribution in [3.8, 4) is 11.5 Å². The van der Waals surface area contributed by atoms with Gasteiger partial charge in [0.05, 0.1) is 6.54 Å². The van der Waals surface area contributed by atoms with E-state index in [0.717, 1.165) is 24.5 Å². The number of anilines is 2. The van der Waals surface area contributed by atoms with Crippen LogP contribution in [-0.4, -0.2) is 66.7 Å². The summed E-state index contributed by atoms with van der Waals surface area (Å²) in [5.74, 6) is 2.25. The quantitative estimate of drug-likeness (QED) is 0.877. The predicted molar refractivity (Wildman–Crippen MR) is 96.7 cm³/mol. The Morgan fingerprint density at radius 2 is 1.77 bits per heavy atom. The number of carbonyl (C=O) groups excluding carboxylic acids is 1. The molecule has 2 aliphatic heterocycles. The summed E-state index contributed by atoms with van der Waals surface area (Å²) < 4.78 is 11.1. The van der Waals surface area contributed by atoms with Crippen LogP contribution in [0.15, 0.2) is 36.7 Å². The lowest BCUT2D eigenvalue weighted by atomic mass is 10.2. The number of rotatable bonds is 4. The first-order valence-corrected chi connectivity index (χ1v) is 8.73. The smallest absolute Gasteiger partial charge is 0.241 e. The summed E-state index contributed by atoms with van der Waals surface area (Å²) in [6, 6.07) is 7.42. The largest absolute Gasteiger partial charge is 0.486 e. The van der Waals surface area contributed by atoms with Crippen LogP contribution in [0.1, 0.15) is 0 Å². The monoisotopic (exact) mass is 355 g/mol. The zero-order chi connectivity index (χ0) is 17.8. The van der Waals surface area contributed by atoms with E-state index in [-0.39, 0.29) is 12.5 Å². The molecule has 1 amide bonds. The number of nitrogens with zero attached hydrogens (tertiary/aromatic N) is 4. The molecule has 1 fully saturated rings. The zero-order valence-electron chi connectivity index (χ0n) is 14.4. The van der Waals surface area contributed by atoms with Gasteiger partial charge in [-0.05, 0) is 18.2 Å². The molecule has 1 N–H and O–H groups in total. The molecule has 0 atom stereocenters. The van der Waals surface area contributed by atoms with Gasteiger partial charge in [-0.3, -0.25) is 4.79 Å². The molecule has 136 valence electrons. The molecule has 0 bridgehead atoms. The van der Waals surface area contributed by atoms with Gasteiger partial charge in [-0.2, -0.15) is 0 Å². The van der Waals surface area contributed by atoms with Crippen molar-refractivity contribution in [1.29, 1.82) is 0 Å². The Morgan fingerprint density at radius 3 is 2.54 bits per heavy atom. The number of fused-ring (bicyclic) bond motifs is 1. The summed E-state index contributed by atoms with van der Waals surface area (Å²) in [7, 11) is 0. The Balaban J connectivity index is 1.28. The second-order valence-electron chi connectivity index (χ2n) is 6.13. The van der Waals surface area contributed by atoms with Gasteiger partial charge in [-0.15, -0.1) is 0 Å². The van der Waals surface area contributed by atoms with Gasteiger partial charge in [0.15, 0.2) is 11.5 Å². The van der Waals surface area contributed by atoms with E-state index in [2.05, 4.69) is 20.2 Å². The Kier molecular flexibility index (Phi) is 4.72. The van der Waals surface area contributed by atoms with Crippen LogP contribution in [-0.2, 0) is 4.79 Å². The first kappa shape index (κ1) is 16.4. The Morgan fingerprint density at radius 1 is 1.04 bits per heavy atom. The third kappa shape index (κ3) is 3.63. The van der Waals surface area contributed by atoms with E-state index in [1.165, 1.54) is 0 Å². The van der Waals surface area contributed by atoms with Gasteiger partial charge < -0.3 is 24.6 Å². The number of nitrogens with one attached hydrogen (secondary N) is 1. The SMILES string of the molecule is O=C(CNc1ccc2c(c1)OCCO2)N1CCN(c2ncccn2)CC1. The van der Waals surface area contributed by atoms with E-state index in [1.807, 2.05) is 23.1 Å². The van der Waals surface area contributed by atoms with Crippen LogP contribution >= 0.6 is 0 Å². The summed E-state index contributed by atoms with van der Waals surface area (Å²) in [6.07, 6.45) is 3.47. The first-order valence-electron chi connectivity index (χ1n) is 8.73. The highest BCUT2D eigenvalue weighted by Gasteiger charge is 2.22. The van der Waals surface area contributed by atoms with E-state index in [0.29, 0.717) is 38.0 Å². The van der Waals surface area contributed by atoms with Crippen LogP contribution in [0, 0.1) is 0 Å². The molecule has 0 saturated carbocycles. The number of hydrogen-bond acceptors (Lipinski definition) is 7. The van der Waals surface area contributed by atoms with Crippen molar-refractivity contribution in [1.82, 2.24) is 14.9 Å². The van der Waals surface area contributed by atoms with E-state index in [1.54, 1.807) is 18.5 Å². The number of benzene rings is 1. The summed E-state index contributed by atoms with van der Waals surface area (Å²) in [6.45, 7) is 4.17. The van der Waals surface area contributed by atoms with Gasteiger partial charge in [0.2, 0.25) is 11.9 Å². The highest BCUT2D eigenvalue weighted by atomic mass is 16.6. The topological polar surface area (TPSA) is 79.8 Å². The molecule has 2 aliphatic rings. The van der Waals surface area contributed by atoms with Gasteiger partial charge in [0.25, 0.3) is 0 Å². The van der Waals surface area contributed by atoms with E-state index in [9.17, 15) is 4.79 Å². The number of hydrogen-bond donors (Lipinski definition) is 1. The maximum Gasteiger partial charge on any atom is 0.241 e. The molecular formula is C18H21N5O3. The van der Waals surface area contributed by atoms with Crippen LogP contribution in [0.5, 0.6) is 11.5 Å². The average Bonchev–Trinajstić information content (AvgIpc) is 2.72. The number of amides is 1. The van der Waals surface area contributed by atoms with Crippen molar-refractivity contribution in [3.63, 3.8) is 0 Å². The van der Waals surface area contributed by atoms with Gasteiger partial charge in [-0.25, -0.2) is 9.97 Å². The molecule has 8 heteroatoms. The maximum absolute atomic E-state index is 12.5. The minimum Gasteiger partial charge on any atom is -0.486 e. The highest BCUT2D eigenvalue weighted by Crippen LogP contribution is 2.32. The Bertz CT molecular complexity index is 763. The number of piperazine rings is 1. The van der Waals surface area contributed by atoms with Crippen molar-refractivity contribution in [2.24, 2.45) is 0 Å². The van der Waals surface area contributed by atoms with Crippen LogP contribution in [0.25, 0.3) is 0 Å². The van der Waals surface area contributed by atoms with E-state index >= 15 is 0 Å². The fourth-order valence-corrected chi connectivity index (χ4v) is 3.05. The van der Waals surface area contributed by atoms with Gasteiger partial charge in [0.1, 0.15) is 13.2 Å². The van der Waals surface area contributed by atoms with E-state index in [4.69, 9.17) is 9.47 Å². The average molecular weight is 355 g/mol. The molecule has 2 aromatic rings. The van der Waals surface area contributed by atoms with Gasteiger partial charge in [-0.1, -0.05) is 0 Å². The molecule has 8 nitrogen and oxygen atoms in total. The van der Waals surface area contributed by atoms with Gasteiger partial charge >= 0.3 is 0 Å². The lowest BCUT2D eigenvalue weighted by molar-refractivity contribution is -0.129. The summed E-state index contributed by atoms with van der Waals surface area (Å²) in [5.41, 5.74) is 0.846. The summed E-state index contributed by atoms with van der Waals surface area (Å²) >= 11 is 0. The van der Waals surface area contributed by atoms with Crippen molar-refractivity contribution in [3.05, 3.63) is 36.7 Å². The fourth-order valence-electron chi connectivity index (χ4n) is 3.05. The lowest BCUT2D eigenvalue weighted by Gasteiger charge is -2.34. The van der Waals surface area contributed by atoms with Gasteiger partial charge in [0, 0.05) is 50.3 Å². The number of ether oxygens (including phenoxy) is 2. The Labute approximate surface area is 151 Å². The van der Waals surface area contributed by atoms with Crippen molar-refractivity contribution < 1.29 is 14.3 Å². The first-order chi connectivity index (χ1) is 12.8. The minimum atomic E-state index is 0.0773. The van der Waals surface area contributed by atoms with Crippen molar-refractivity contribution in [2.45, 2.75) is 0 Å². The second kappa shape index (κ2) is 7.47. The molecule has 26 heavy (non-hydrogen) atoms. The van der Waals surface area contributed by atoms with Crippen LogP contribution in [0.2, 0.25) is 0 Å². The molecular weight excluding hydrogens is 334 g/mol. The third-order valence-corrected chi connectivity index (χ3v) is 4.45. The molecule has 1 aromatic carbocycles. The van der Waals surface area contributed by atoms with Crippen LogP contribution in [0.3, 0.4) is 0 Å². The summed E-state index contributed by atoms with van der Waals surface area (Å²) in [5, 5.41) is 3.17. The molecule has 0 aliphatic carbocycles. The second-order valence-corrected chi connectivity index (χ2v) is 6.13. The predicted octanol–water partition coefficient (Wildman–Crippen LogP) is 1.01. The summed E-state index contributed by atoms with van der Waals surface area (Å²) in [4.78, 5) is 24.9. The molecule has 0 radical (unpaired) electrons. The van der Waals surface area contributed by atoms with Crippen molar-refractivity contribution in [2.75, 3.05) is 56.2 Å². The molecule has 4 rings (SSSR count). The van der Waals surface area contributed by atoms with E-state index < -0.39 is 0 Å². The zero-order valence-corrected chi connectivity index (χ0v) is 14.4. The molecule has 0 unspecified atom stereocenters. The van der Waals surface area contributed by atoms with Crippen LogP contribution < -0.4 is 19.7 Å². The normalized spacial score (nSPS) is 16.3. The van der Waals surface area contributed by atoms with Crippen molar-refractivity contribution >= 4 is 17.5 Å². The molecule has 0 spiro atoms.